The third kappa shape index (κ3) is 3.59. The SMILES string of the molecule is NNC(Cc1cc(Cl)ccc1Cl)c1ccncc1Cl. The molecular weight excluding hydrogens is 305 g/mol. The molecule has 0 aliphatic heterocycles. The van der Waals surface area contributed by atoms with E-state index in [0.717, 1.165) is 11.1 Å². The fourth-order valence-electron chi connectivity index (χ4n) is 1.85. The fourth-order valence-corrected chi connectivity index (χ4v) is 2.49. The molecule has 1 aromatic heterocycles. The summed E-state index contributed by atoms with van der Waals surface area (Å²) in [6.07, 6.45) is 3.84. The summed E-state index contributed by atoms with van der Waals surface area (Å²) in [5.41, 5.74) is 4.52. The Balaban J connectivity index is 2.29. The summed E-state index contributed by atoms with van der Waals surface area (Å²) in [4.78, 5) is 3.95. The van der Waals surface area contributed by atoms with Gasteiger partial charge in [0.15, 0.2) is 0 Å². The molecule has 0 amide bonds. The number of nitrogens with one attached hydrogen (secondary N) is 1. The van der Waals surface area contributed by atoms with Crippen LogP contribution in [0.4, 0.5) is 0 Å². The minimum atomic E-state index is -0.161. The van der Waals surface area contributed by atoms with Crippen molar-refractivity contribution in [2.24, 2.45) is 5.84 Å². The molecule has 0 aliphatic rings. The molecule has 1 heterocycles. The molecule has 6 heteroatoms. The highest BCUT2D eigenvalue weighted by Gasteiger charge is 2.15. The standard InChI is InChI=1S/C13H12Cl3N3/c14-9-1-2-11(15)8(5-9)6-13(19-17)10-3-4-18-7-12(10)16/h1-5,7,13,19H,6,17H2. The third-order valence-corrected chi connectivity index (χ3v) is 3.73. The van der Waals surface area contributed by atoms with Crippen LogP contribution >= 0.6 is 34.8 Å². The second-order valence-electron chi connectivity index (χ2n) is 4.06. The fraction of sp³-hybridized carbons (Fsp3) is 0.154. The van der Waals surface area contributed by atoms with Crippen molar-refractivity contribution in [3.8, 4) is 0 Å². The summed E-state index contributed by atoms with van der Waals surface area (Å²) >= 11 is 18.2. The molecule has 0 fully saturated rings. The van der Waals surface area contributed by atoms with Gasteiger partial charge in [-0.1, -0.05) is 34.8 Å². The molecule has 1 atom stereocenters. The van der Waals surface area contributed by atoms with Crippen LogP contribution in [0.3, 0.4) is 0 Å². The van der Waals surface area contributed by atoms with E-state index in [0.29, 0.717) is 21.5 Å². The lowest BCUT2D eigenvalue weighted by molar-refractivity contribution is 0.551. The summed E-state index contributed by atoms with van der Waals surface area (Å²) in [5.74, 6) is 5.60. The largest absolute Gasteiger partial charge is 0.271 e. The predicted octanol–water partition coefficient (Wildman–Crippen LogP) is 3.79. The molecule has 100 valence electrons. The Morgan fingerprint density at radius 2 is 1.95 bits per heavy atom. The number of nitrogens with two attached hydrogens (primary N) is 1. The van der Waals surface area contributed by atoms with Gasteiger partial charge in [0.25, 0.3) is 0 Å². The van der Waals surface area contributed by atoms with Crippen molar-refractivity contribution in [1.82, 2.24) is 10.4 Å². The van der Waals surface area contributed by atoms with Gasteiger partial charge < -0.3 is 0 Å². The van der Waals surface area contributed by atoms with E-state index in [1.165, 1.54) is 0 Å². The first-order valence-corrected chi connectivity index (χ1v) is 6.74. The molecule has 2 aromatic rings. The van der Waals surface area contributed by atoms with Crippen LogP contribution in [0.25, 0.3) is 0 Å². The summed E-state index contributed by atoms with van der Waals surface area (Å²) in [6, 6.07) is 7.00. The van der Waals surface area contributed by atoms with E-state index in [1.54, 1.807) is 24.5 Å². The first-order valence-electron chi connectivity index (χ1n) is 5.61. The van der Waals surface area contributed by atoms with Crippen molar-refractivity contribution in [1.29, 1.82) is 0 Å². The van der Waals surface area contributed by atoms with Crippen LogP contribution in [0.5, 0.6) is 0 Å². The average molecular weight is 317 g/mol. The number of hydrazine groups is 1. The van der Waals surface area contributed by atoms with Gasteiger partial charge in [-0.05, 0) is 41.8 Å². The maximum Gasteiger partial charge on any atom is 0.0637 e. The first kappa shape index (κ1) is 14.6. The normalized spacial score (nSPS) is 12.4. The van der Waals surface area contributed by atoms with Crippen LogP contribution in [-0.2, 0) is 6.42 Å². The maximum atomic E-state index is 6.15. The van der Waals surface area contributed by atoms with Crippen LogP contribution in [0, 0.1) is 0 Å². The molecular formula is C13H12Cl3N3. The van der Waals surface area contributed by atoms with Crippen LogP contribution in [0.15, 0.2) is 36.7 Å². The molecule has 0 bridgehead atoms. The quantitative estimate of drug-likeness (QED) is 0.666. The average Bonchev–Trinajstić information content (AvgIpc) is 2.41. The summed E-state index contributed by atoms with van der Waals surface area (Å²) in [6.45, 7) is 0. The highest BCUT2D eigenvalue weighted by molar-refractivity contribution is 6.33. The third-order valence-electron chi connectivity index (χ3n) is 2.81. The van der Waals surface area contributed by atoms with Crippen LogP contribution in [-0.4, -0.2) is 4.98 Å². The lowest BCUT2D eigenvalue weighted by Crippen LogP contribution is -2.30. The molecule has 0 saturated carbocycles. The highest BCUT2D eigenvalue weighted by atomic mass is 35.5. The van der Waals surface area contributed by atoms with Crippen molar-refractivity contribution in [2.45, 2.75) is 12.5 Å². The summed E-state index contributed by atoms with van der Waals surface area (Å²) < 4.78 is 0. The van der Waals surface area contributed by atoms with Crippen LogP contribution < -0.4 is 11.3 Å². The number of rotatable bonds is 4. The van der Waals surface area contributed by atoms with E-state index in [2.05, 4.69) is 10.4 Å². The number of hydrogen-bond donors (Lipinski definition) is 2. The molecule has 1 aromatic carbocycles. The van der Waals surface area contributed by atoms with Gasteiger partial charge in [-0.3, -0.25) is 16.3 Å². The Labute approximate surface area is 126 Å². The monoisotopic (exact) mass is 315 g/mol. The minimum Gasteiger partial charge on any atom is -0.271 e. The van der Waals surface area contributed by atoms with Crippen molar-refractivity contribution in [3.05, 3.63) is 62.9 Å². The van der Waals surface area contributed by atoms with E-state index in [-0.39, 0.29) is 6.04 Å². The maximum absolute atomic E-state index is 6.15. The molecule has 0 aliphatic carbocycles. The van der Waals surface area contributed by atoms with Gasteiger partial charge in [0.2, 0.25) is 0 Å². The topological polar surface area (TPSA) is 50.9 Å². The Morgan fingerprint density at radius 3 is 2.63 bits per heavy atom. The van der Waals surface area contributed by atoms with Gasteiger partial charge in [0, 0.05) is 22.4 Å². The van der Waals surface area contributed by atoms with E-state index in [1.807, 2.05) is 12.1 Å². The van der Waals surface area contributed by atoms with Crippen molar-refractivity contribution in [2.75, 3.05) is 0 Å². The lowest BCUT2D eigenvalue weighted by atomic mass is 10.0. The molecule has 0 saturated heterocycles. The molecule has 2 rings (SSSR count). The van der Waals surface area contributed by atoms with Gasteiger partial charge in [-0.25, -0.2) is 0 Å². The highest BCUT2D eigenvalue weighted by Crippen LogP contribution is 2.28. The first-order chi connectivity index (χ1) is 9.11. The molecule has 0 spiro atoms. The molecule has 3 nitrogen and oxygen atoms in total. The number of aromatic nitrogens is 1. The number of benzene rings is 1. The van der Waals surface area contributed by atoms with E-state index < -0.39 is 0 Å². The molecule has 19 heavy (non-hydrogen) atoms. The second-order valence-corrected chi connectivity index (χ2v) is 5.31. The van der Waals surface area contributed by atoms with Crippen molar-refractivity contribution < 1.29 is 0 Å². The molecule has 1 unspecified atom stereocenters. The molecule has 3 N–H and O–H groups in total. The van der Waals surface area contributed by atoms with Gasteiger partial charge in [0.05, 0.1) is 11.1 Å². The van der Waals surface area contributed by atoms with Gasteiger partial charge >= 0.3 is 0 Å². The zero-order valence-electron chi connectivity index (χ0n) is 9.91. The van der Waals surface area contributed by atoms with E-state index >= 15 is 0 Å². The zero-order chi connectivity index (χ0) is 13.8. The predicted molar refractivity (Wildman–Crippen MR) is 79.5 cm³/mol. The van der Waals surface area contributed by atoms with Gasteiger partial charge in [0.1, 0.15) is 0 Å². The van der Waals surface area contributed by atoms with E-state index in [9.17, 15) is 0 Å². The zero-order valence-corrected chi connectivity index (χ0v) is 12.2. The van der Waals surface area contributed by atoms with E-state index in [4.69, 9.17) is 40.6 Å². The smallest absolute Gasteiger partial charge is 0.0637 e. The Hall–Kier alpha value is -0.840. The molecule has 0 radical (unpaired) electrons. The Bertz CT molecular complexity index is 575. The van der Waals surface area contributed by atoms with Crippen molar-refractivity contribution >= 4 is 34.8 Å². The summed E-state index contributed by atoms with van der Waals surface area (Å²) in [7, 11) is 0. The van der Waals surface area contributed by atoms with Gasteiger partial charge in [-0.15, -0.1) is 0 Å². The van der Waals surface area contributed by atoms with Crippen molar-refractivity contribution in [3.63, 3.8) is 0 Å². The number of nitrogens with zero attached hydrogens (tertiary/aromatic N) is 1. The second kappa shape index (κ2) is 6.55. The van der Waals surface area contributed by atoms with Crippen LogP contribution in [0.1, 0.15) is 17.2 Å². The van der Waals surface area contributed by atoms with Crippen LogP contribution in [0.2, 0.25) is 15.1 Å². The number of hydrogen-bond acceptors (Lipinski definition) is 3. The lowest BCUT2D eigenvalue weighted by Gasteiger charge is -2.18. The minimum absolute atomic E-state index is 0.161. The summed E-state index contributed by atoms with van der Waals surface area (Å²) in [5, 5.41) is 1.84. The van der Waals surface area contributed by atoms with Gasteiger partial charge in [-0.2, -0.15) is 0 Å². The number of pyridine rings is 1. The Kier molecular flexibility index (Phi) is 5.02. The Morgan fingerprint density at radius 1 is 1.16 bits per heavy atom. The number of halogens is 3.